The average molecular weight is 195 g/mol. The fraction of sp³-hybridized carbons (Fsp3) is 0.333. The van der Waals surface area contributed by atoms with E-state index in [4.69, 9.17) is 0 Å². The number of hydrogen-bond acceptors (Lipinski definition) is 3. The Bertz CT molecular complexity index is 256. The SMILES string of the molecule is O=NC(c1cccs1)C(F)(F)F. The predicted octanol–water partition coefficient (Wildman–Crippen LogP) is 3.12. The zero-order valence-electron chi connectivity index (χ0n) is 5.71. The lowest BCUT2D eigenvalue weighted by Crippen LogP contribution is -2.17. The van der Waals surface area contributed by atoms with Gasteiger partial charge in [0.15, 0.2) is 0 Å². The first kappa shape index (κ1) is 9.18. The second-order valence-electron chi connectivity index (χ2n) is 2.06. The highest BCUT2D eigenvalue weighted by Gasteiger charge is 2.42. The van der Waals surface area contributed by atoms with E-state index < -0.39 is 12.2 Å². The van der Waals surface area contributed by atoms with Crippen molar-refractivity contribution in [2.45, 2.75) is 12.2 Å². The minimum absolute atomic E-state index is 0.0718. The summed E-state index contributed by atoms with van der Waals surface area (Å²) in [5.41, 5.74) is 0. The summed E-state index contributed by atoms with van der Waals surface area (Å²) in [4.78, 5) is 9.82. The van der Waals surface area contributed by atoms with Crippen molar-refractivity contribution in [2.24, 2.45) is 5.18 Å². The molecule has 0 N–H and O–H groups in total. The largest absolute Gasteiger partial charge is 0.419 e. The van der Waals surface area contributed by atoms with Crippen LogP contribution in [0.3, 0.4) is 0 Å². The molecule has 1 atom stereocenters. The Morgan fingerprint density at radius 2 is 2.17 bits per heavy atom. The van der Waals surface area contributed by atoms with Gasteiger partial charge in [0.1, 0.15) is 0 Å². The minimum Gasteiger partial charge on any atom is -0.168 e. The molecular formula is C6H4F3NOS. The molecule has 0 aliphatic rings. The van der Waals surface area contributed by atoms with Crippen LogP contribution in [0, 0.1) is 4.91 Å². The smallest absolute Gasteiger partial charge is 0.168 e. The Kier molecular flexibility index (Phi) is 2.46. The molecule has 0 spiro atoms. The molecule has 0 aliphatic carbocycles. The molecule has 2 nitrogen and oxygen atoms in total. The van der Waals surface area contributed by atoms with E-state index in [2.05, 4.69) is 0 Å². The van der Waals surface area contributed by atoms with Crippen molar-refractivity contribution in [3.8, 4) is 0 Å². The van der Waals surface area contributed by atoms with Crippen molar-refractivity contribution in [1.29, 1.82) is 0 Å². The molecule has 0 amide bonds. The van der Waals surface area contributed by atoms with Crippen LogP contribution in [0.25, 0.3) is 0 Å². The summed E-state index contributed by atoms with van der Waals surface area (Å²) in [5.74, 6) is 0. The van der Waals surface area contributed by atoms with Gasteiger partial charge in [0.05, 0.1) is 0 Å². The summed E-state index contributed by atoms with van der Waals surface area (Å²) in [5, 5.41) is 3.51. The standard InChI is InChI=1S/C6H4F3NOS/c7-6(8,9)5(10-11)4-2-1-3-12-4/h1-3,5H. The number of nitroso groups, excluding NO2 is 1. The summed E-state index contributed by atoms with van der Waals surface area (Å²) >= 11 is 0.869. The third-order valence-corrected chi connectivity index (χ3v) is 2.15. The Morgan fingerprint density at radius 1 is 1.50 bits per heavy atom. The normalized spacial score (nSPS) is 14.2. The van der Waals surface area contributed by atoms with Crippen molar-refractivity contribution in [3.63, 3.8) is 0 Å². The van der Waals surface area contributed by atoms with Gasteiger partial charge in [-0.1, -0.05) is 11.2 Å². The third-order valence-electron chi connectivity index (χ3n) is 1.23. The van der Waals surface area contributed by atoms with E-state index in [0.29, 0.717) is 0 Å². The highest BCUT2D eigenvalue weighted by molar-refractivity contribution is 7.10. The maximum absolute atomic E-state index is 12.0. The fourth-order valence-corrected chi connectivity index (χ4v) is 1.50. The van der Waals surface area contributed by atoms with E-state index in [-0.39, 0.29) is 4.88 Å². The van der Waals surface area contributed by atoms with Gasteiger partial charge >= 0.3 is 6.18 Å². The molecule has 0 aromatic carbocycles. The van der Waals surface area contributed by atoms with Crippen molar-refractivity contribution in [2.75, 3.05) is 0 Å². The van der Waals surface area contributed by atoms with E-state index in [0.717, 1.165) is 11.3 Å². The summed E-state index contributed by atoms with van der Waals surface area (Å²) in [6.07, 6.45) is -4.58. The van der Waals surface area contributed by atoms with Crippen molar-refractivity contribution in [3.05, 3.63) is 27.3 Å². The average Bonchev–Trinajstić information content (AvgIpc) is 2.38. The summed E-state index contributed by atoms with van der Waals surface area (Å²) in [6.45, 7) is 0. The Balaban J connectivity index is 2.91. The van der Waals surface area contributed by atoms with Crippen LogP contribution in [0.5, 0.6) is 0 Å². The molecule has 1 rings (SSSR count). The topological polar surface area (TPSA) is 29.4 Å². The van der Waals surface area contributed by atoms with E-state index in [1.54, 1.807) is 0 Å². The maximum Gasteiger partial charge on any atom is 0.419 e. The van der Waals surface area contributed by atoms with E-state index in [1.807, 2.05) is 5.18 Å². The Morgan fingerprint density at radius 3 is 2.50 bits per heavy atom. The van der Waals surface area contributed by atoms with Crippen molar-refractivity contribution < 1.29 is 13.2 Å². The maximum atomic E-state index is 12.0. The van der Waals surface area contributed by atoms with E-state index in [9.17, 15) is 18.1 Å². The molecule has 0 aliphatic heterocycles. The summed E-state index contributed by atoms with van der Waals surface area (Å²) in [6, 6.07) is 0.478. The lowest BCUT2D eigenvalue weighted by Gasteiger charge is -2.10. The molecule has 12 heavy (non-hydrogen) atoms. The first-order chi connectivity index (χ1) is 5.55. The van der Waals surface area contributed by atoms with Gasteiger partial charge in [-0.25, -0.2) is 0 Å². The molecule has 1 aromatic heterocycles. The van der Waals surface area contributed by atoms with Crippen LogP contribution in [0.4, 0.5) is 13.2 Å². The molecule has 1 heterocycles. The van der Waals surface area contributed by atoms with Crippen LogP contribution in [0.15, 0.2) is 22.7 Å². The van der Waals surface area contributed by atoms with Gasteiger partial charge in [0, 0.05) is 4.88 Å². The summed E-state index contributed by atoms with van der Waals surface area (Å²) < 4.78 is 36.0. The Hall–Kier alpha value is -0.910. The second kappa shape index (κ2) is 3.22. The van der Waals surface area contributed by atoms with Gasteiger partial charge in [0.2, 0.25) is 6.04 Å². The van der Waals surface area contributed by atoms with Crippen LogP contribution in [-0.4, -0.2) is 6.18 Å². The number of alkyl halides is 3. The zero-order chi connectivity index (χ0) is 9.19. The molecule has 1 unspecified atom stereocenters. The third kappa shape index (κ3) is 1.82. The van der Waals surface area contributed by atoms with Gasteiger partial charge in [-0.3, -0.25) is 0 Å². The van der Waals surface area contributed by atoms with Crippen molar-refractivity contribution >= 4 is 11.3 Å². The molecule has 1 aromatic rings. The van der Waals surface area contributed by atoms with Crippen LogP contribution >= 0.6 is 11.3 Å². The Labute approximate surface area is 70.0 Å². The first-order valence-corrected chi connectivity index (χ1v) is 3.86. The van der Waals surface area contributed by atoms with Gasteiger partial charge in [0.25, 0.3) is 0 Å². The van der Waals surface area contributed by atoms with Crippen LogP contribution in [0.1, 0.15) is 10.9 Å². The number of rotatable bonds is 2. The van der Waals surface area contributed by atoms with Crippen molar-refractivity contribution in [1.82, 2.24) is 0 Å². The number of halogens is 3. The molecular weight excluding hydrogens is 191 g/mol. The molecule has 0 radical (unpaired) electrons. The zero-order valence-corrected chi connectivity index (χ0v) is 6.52. The van der Waals surface area contributed by atoms with Crippen LogP contribution < -0.4 is 0 Å². The molecule has 0 fully saturated rings. The van der Waals surface area contributed by atoms with Gasteiger partial charge in [-0.05, 0) is 11.4 Å². The predicted molar refractivity (Wildman–Crippen MR) is 38.9 cm³/mol. The van der Waals surface area contributed by atoms with Crippen LogP contribution in [-0.2, 0) is 0 Å². The monoisotopic (exact) mass is 195 g/mol. The quantitative estimate of drug-likeness (QED) is 0.666. The summed E-state index contributed by atoms with van der Waals surface area (Å²) in [7, 11) is 0. The highest BCUT2D eigenvalue weighted by Crippen LogP contribution is 2.37. The van der Waals surface area contributed by atoms with Gasteiger partial charge in [-0.15, -0.1) is 16.2 Å². The fourth-order valence-electron chi connectivity index (χ4n) is 0.720. The van der Waals surface area contributed by atoms with E-state index >= 15 is 0 Å². The molecule has 66 valence electrons. The number of nitrogens with zero attached hydrogens (tertiary/aromatic N) is 1. The van der Waals surface area contributed by atoms with Gasteiger partial charge < -0.3 is 0 Å². The lowest BCUT2D eigenvalue weighted by atomic mass is 10.2. The number of hydrogen-bond donors (Lipinski definition) is 0. The molecule has 0 saturated carbocycles. The number of thiophene rings is 1. The highest BCUT2D eigenvalue weighted by atomic mass is 32.1. The molecule has 0 saturated heterocycles. The van der Waals surface area contributed by atoms with E-state index in [1.165, 1.54) is 17.5 Å². The van der Waals surface area contributed by atoms with Gasteiger partial charge in [-0.2, -0.15) is 13.2 Å². The minimum atomic E-state index is -4.58. The van der Waals surface area contributed by atoms with Crippen LogP contribution in [0.2, 0.25) is 0 Å². The molecule has 0 bridgehead atoms. The lowest BCUT2D eigenvalue weighted by molar-refractivity contribution is -0.148. The second-order valence-corrected chi connectivity index (χ2v) is 3.04. The molecule has 6 heteroatoms. The first-order valence-electron chi connectivity index (χ1n) is 2.98.